The number of hydrogen-bond acceptors (Lipinski definition) is 4. The summed E-state index contributed by atoms with van der Waals surface area (Å²) in [5.41, 5.74) is 1.83. The molecule has 0 unspecified atom stereocenters. The van der Waals surface area contributed by atoms with Gasteiger partial charge < -0.3 is 9.30 Å². The molecule has 1 heterocycles. The number of esters is 1. The van der Waals surface area contributed by atoms with Gasteiger partial charge in [-0.2, -0.15) is 0 Å². The number of benzene rings is 1. The van der Waals surface area contributed by atoms with E-state index in [1.807, 2.05) is 48.9 Å². The monoisotopic (exact) mass is 279 g/mol. The van der Waals surface area contributed by atoms with Crippen molar-refractivity contribution in [2.75, 3.05) is 0 Å². The minimum absolute atomic E-state index is 0.285. The summed E-state index contributed by atoms with van der Waals surface area (Å²) in [6.45, 7) is 2.15. The Morgan fingerprint density at radius 3 is 2.61 bits per heavy atom. The van der Waals surface area contributed by atoms with Crippen LogP contribution < -0.4 is 0 Å². The normalized spacial score (nSPS) is 10.3. The van der Waals surface area contributed by atoms with Crippen molar-refractivity contribution in [3.8, 4) is 0 Å². The highest BCUT2D eigenvalue weighted by Gasteiger charge is 2.15. The fourth-order valence-electron chi connectivity index (χ4n) is 1.50. The molecule has 0 atom stereocenters. The van der Waals surface area contributed by atoms with Crippen LogP contribution in [0.2, 0.25) is 0 Å². The minimum atomic E-state index is -0.312. The Hall–Kier alpha value is -1.46. The molecular weight excluding hydrogens is 266 g/mol. The molecule has 0 aliphatic heterocycles. The van der Waals surface area contributed by atoms with Crippen molar-refractivity contribution in [3.05, 3.63) is 50.4 Å². The zero-order chi connectivity index (χ0) is 13.1. The lowest BCUT2D eigenvalue weighted by Crippen LogP contribution is -2.06. The van der Waals surface area contributed by atoms with E-state index in [1.54, 1.807) is 0 Å². The van der Waals surface area contributed by atoms with Crippen molar-refractivity contribution in [2.24, 2.45) is 7.05 Å². The molecular formula is C13H13NO2S2. The number of nitrogens with zero attached hydrogens (tertiary/aromatic N) is 1. The van der Waals surface area contributed by atoms with Gasteiger partial charge in [0, 0.05) is 12.7 Å². The second-order valence-corrected chi connectivity index (χ2v) is 5.55. The maximum atomic E-state index is 11.9. The van der Waals surface area contributed by atoms with Crippen molar-refractivity contribution in [1.82, 2.24) is 4.57 Å². The lowest BCUT2D eigenvalue weighted by molar-refractivity contribution is 0.0477. The molecule has 0 fully saturated rings. The van der Waals surface area contributed by atoms with Gasteiger partial charge in [0.2, 0.25) is 0 Å². The van der Waals surface area contributed by atoms with E-state index in [1.165, 1.54) is 11.3 Å². The number of hydrogen-bond donors (Lipinski definition) is 0. The Balaban J connectivity index is 2.09. The number of ether oxygens (including phenoxy) is 1. The molecule has 0 bridgehead atoms. The fraction of sp³-hybridized carbons (Fsp3) is 0.231. The van der Waals surface area contributed by atoms with Gasteiger partial charge in [0.05, 0.1) is 0 Å². The van der Waals surface area contributed by atoms with Gasteiger partial charge in [0.25, 0.3) is 0 Å². The van der Waals surface area contributed by atoms with Gasteiger partial charge in [0.15, 0.2) is 3.95 Å². The number of carbonyl (C=O) groups excluding carboxylic acids is 1. The molecule has 2 aromatic rings. The summed E-state index contributed by atoms with van der Waals surface area (Å²) < 4.78 is 7.77. The van der Waals surface area contributed by atoms with Crippen LogP contribution in [0, 0.1) is 10.9 Å². The molecule has 5 heteroatoms. The standard InChI is InChI=1S/C13H13NO2S2/c1-9-11(18-13(17)14(9)2)12(15)16-8-10-6-4-3-5-7-10/h3-7H,8H2,1-2H3. The van der Waals surface area contributed by atoms with Crippen molar-refractivity contribution in [1.29, 1.82) is 0 Å². The van der Waals surface area contributed by atoms with Crippen LogP contribution in [0.5, 0.6) is 0 Å². The smallest absolute Gasteiger partial charge is 0.350 e. The molecule has 0 amide bonds. The maximum absolute atomic E-state index is 11.9. The van der Waals surface area contributed by atoms with Crippen LogP contribution in [0.15, 0.2) is 30.3 Å². The Morgan fingerprint density at radius 2 is 2.06 bits per heavy atom. The van der Waals surface area contributed by atoms with Crippen molar-refractivity contribution < 1.29 is 9.53 Å². The first-order valence-corrected chi connectivity index (χ1v) is 6.69. The highest BCUT2D eigenvalue weighted by molar-refractivity contribution is 7.73. The summed E-state index contributed by atoms with van der Waals surface area (Å²) in [4.78, 5) is 12.5. The maximum Gasteiger partial charge on any atom is 0.350 e. The van der Waals surface area contributed by atoms with Crippen LogP contribution in [0.1, 0.15) is 20.9 Å². The van der Waals surface area contributed by atoms with Crippen LogP contribution in [-0.2, 0) is 18.4 Å². The first kappa shape index (κ1) is 13.0. The Kier molecular flexibility index (Phi) is 3.93. The minimum Gasteiger partial charge on any atom is -0.457 e. The van der Waals surface area contributed by atoms with E-state index in [0.717, 1.165) is 11.3 Å². The van der Waals surface area contributed by atoms with Gasteiger partial charge >= 0.3 is 5.97 Å². The van der Waals surface area contributed by atoms with Gasteiger partial charge in [-0.05, 0) is 24.7 Å². The molecule has 0 saturated carbocycles. The quantitative estimate of drug-likeness (QED) is 0.636. The largest absolute Gasteiger partial charge is 0.457 e. The zero-order valence-electron chi connectivity index (χ0n) is 10.2. The molecule has 1 aromatic carbocycles. The summed E-state index contributed by atoms with van der Waals surface area (Å²) in [7, 11) is 1.85. The molecule has 0 aliphatic rings. The molecule has 0 radical (unpaired) electrons. The van der Waals surface area contributed by atoms with Crippen molar-refractivity contribution in [3.63, 3.8) is 0 Å². The Labute approximate surface area is 115 Å². The van der Waals surface area contributed by atoms with Gasteiger partial charge in [-0.15, -0.1) is 0 Å². The molecule has 2 rings (SSSR count). The zero-order valence-corrected chi connectivity index (χ0v) is 11.8. The molecule has 18 heavy (non-hydrogen) atoms. The predicted molar refractivity (Wildman–Crippen MR) is 74.4 cm³/mol. The highest BCUT2D eigenvalue weighted by atomic mass is 32.1. The highest BCUT2D eigenvalue weighted by Crippen LogP contribution is 2.19. The van der Waals surface area contributed by atoms with E-state index in [-0.39, 0.29) is 12.6 Å². The van der Waals surface area contributed by atoms with Crippen molar-refractivity contribution in [2.45, 2.75) is 13.5 Å². The average Bonchev–Trinajstić information content (AvgIpc) is 2.65. The van der Waals surface area contributed by atoms with Crippen LogP contribution in [0.3, 0.4) is 0 Å². The molecule has 94 valence electrons. The van der Waals surface area contributed by atoms with E-state index in [4.69, 9.17) is 17.0 Å². The van der Waals surface area contributed by atoms with Crippen LogP contribution in [0.25, 0.3) is 0 Å². The summed E-state index contributed by atoms with van der Waals surface area (Å²) in [6, 6.07) is 9.61. The summed E-state index contributed by atoms with van der Waals surface area (Å²) in [6.07, 6.45) is 0. The third kappa shape index (κ3) is 2.68. The number of aromatic nitrogens is 1. The second kappa shape index (κ2) is 5.46. The lowest BCUT2D eigenvalue weighted by Gasteiger charge is -2.04. The van der Waals surface area contributed by atoms with Gasteiger partial charge in [-0.3, -0.25) is 0 Å². The lowest BCUT2D eigenvalue weighted by atomic mass is 10.2. The van der Waals surface area contributed by atoms with E-state index >= 15 is 0 Å². The Morgan fingerprint density at radius 1 is 1.39 bits per heavy atom. The average molecular weight is 279 g/mol. The predicted octanol–water partition coefficient (Wildman–Crippen LogP) is 3.48. The third-order valence-corrected chi connectivity index (χ3v) is 4.33. The summed E-state index contributed by atoms with van der Waals surface area (Å²) in [5.74, 6) is -0.312. The van der Waals surface area contributed by atoms with Gasteiger partial charge in [-0.1, -0.05) is 41.7 Å². The summed E-state index contributed by atoms with van der Waals surface area (Å²) >= 11 is 6.42. The van der Waals surface area contributed by atoms with Crippen LogP contribution in [-0.4, -0.2) is 10.5 Å². The number of thiazole rings is 1. The summed E-state index contributed by atoms with van der Waals surface area (Å²) in [5, 5.41) is 0. The number of rotatable bonds is 3. The van der Waals surface area contributed by atoms with Gasteiger partial charge in [-0.25, -0.2) is 4.79 Å². The second-order valence-electron chi connectivity index (χ2n) is 3.90. The molecule has 0 aliphatic carbocycles. The Bertz CT molecular complexity index is 614. The first-order chi connectivity index (χ1) is 8.59. The van der Waals surface area contributed by atoms with Gasteiger partial charge in [0.1, 0.15) is 11.5 Å². The van der Waals surface area contributed by atoms with Crippen LogP contribution >= 0.6 is 23.6 Å². The SMILES string of the molecule is Cc1c(C(=O)OCc2ccccc2)sc(=S)n1C. The number of carbonyl (C=O) groups is 1. The first-order valence-electron chi connectivity index (χ1n) is 5.47. The molecule has 0 N–H and O–H groups in total. The molecule has 0 saturated heterocycles. The fourth-order valence-corrected chi connectivity index (χ4v) is 2.76. The topological polar surface area (TPSA) is 31.2 Å². The molecule has 0 spiro atoms. The molecule has 3 nitrogen and oxygen atoms in total. The molecule has 1 aromatic heterocycles. The third-order valence-electron chi connectivity index (χ3n) is 2.69. The van der Waals surface area contributed by atoms with Crippen LogP contribution in [0.4, 0.5) is 0 Å². The van der Waals surface area contributed by atoms with E-state index in [2.05, 4.69) is 0 Å². The van der Waals surface area contributed by atoms with Crippen molar-refractivity contribution >= 4 is 29.5 Å². The van der Waals surface area contributed by atoms with E-state index in [0.29, 0.717) is 8.83 Å². The van der Waals surface area contributed by atoms with E-state index in [9.17, 15) is 4.79 Å². The van der Waals surface area contributed by atoms with E-state index < -0.39 is 0 Å².